The van der Waals surface area contributed by atoms with Crippen LogP contribution in [0.15, 0.2) is 22.6 Å². The number of aromatic carboxylic acids is 1. The molecular weight excluding hydrogens is 260 g/mol. The second kappa shape index (κ2) is 4.49. The smallest absolute Gasteiger partial charge is 0.335 e. The van der Waals surface area contributed by atoms with Gasteiger partial charge in [0.15, 0.2) is 5.58 Å². The second-order valence-electron chi connectivity index (χ2n) is 5.47. The Morgan fingerprint density at radius 2 is 2.10 bits per heavy atom. The summed E-state index contributed by atoms with van der Waals surface area (Å²) in [4.78, 5) is 17.3. The number of piperidine rings is 1. The molecule has 1 aromatic carbocycles. The summed E-state index contributed by atoms with van der Waals surface area (Å²) >= 11 is 0. The summed E-state index contributed by atoms with van der Waals surface area (Å²) in [5.74, 6) is -0.987. The van der Waals surface area contributed by atoms with Crippen molar-refractivity contribution in [2.24, 2.45) is 0 Å². The van der Waals surface area contributed by atoms with Gasteiger partial charge >= 0.3 is 5.97 Å². The molecule has 0 atom stereocenters. The van der Waals surface area contributed by atoms with Crippen LogP contribution in [0, 0.1) is 0 Å². The molecule has 1 fully saturated rings. The molecule has 0 bridgehead atoms. The van der Waals surface area contributed by atoms with Crippen molar-refractivity contribution in [3.05, 3.63) is 23.8 Å². The van der Waals surface area contributed by atoms with Gasteiger partial charge in [-0.3, -0.25) is 0 Å². The molecule has 0 radical (unpaired) electrons. The van der Waals surface area contributed by atoms with E-state index in [-0.39, 0.29) is 5.56 Å². The Bertz CT molecular complexity index is 652. The number of carbonyl (C=O) groups is 1. The van der Waals surface area contributed by atoms with Gasteiger partial charge < -0.3 is 19.5 Å². The summed E-state index contributed by atoms with van der Waals surface area (Å²) in [7, 11) is 0. The molecule has 1 aliphatic heterocycles. The van der Waals surface area contributed by atoms with E-state index in [4.69, 9.17) is 9.52 Å². The van der Waals surface area contributed by atoms with E-state index >= 15 is 0 Å². The van der Waals surface area contributed by atoms with E-state index < -0.39 is 11.6 Å². The first-order valence-electron chi connectivity index (χ1n) is 6.56. The van der Waals surface area contributed by atoms with Crippen LogP contribution in [-0.2, 0) is 0 Å². The minimum atomic E-state index is -0.987. The van der Waals surface area contributed by atoms with Crippen LogP contribution in [0.2, 0.25) is 0 Å². The summed E-state index contributed by atoms with van der Waals surface area (Å²) in [5.41, 5.74) is 0.667. The second-order valence-corrected chi connectivity index (χ2v) is 5.47. The zero-order valence-electron chi connectivity index (χ0n) is 11.2. The van der Waals surface area contributed by atoms with Crippen molar-refractivity contribution in [2.45, 2.75) is 25.4 Å². The Labute approximate surface area is 115 Å². The van der Waals surface area contributed by atoms with E-state index in [0.29, 0.717) is 43.0 Å². The van der Waals surface area contributed by atoms with Crippen LogP contribution in [0.5, 0.6) is 0 Å². The lowest BCUT2D eigenvalue weighted by molar-refractivity contribution is 0.0343. The van der Waals surface area contributed by atoms with E-state index in [1.54, 1.807) is 6.07 Å². The van der Waals surface area contributed by atoms with E-state index in [0.717, 1.165) is 0 Å². The van der Waals surface area contributed by atoms with E-state index in [9.17, 15) is 9.90 Å². The molecule has 0 unspecified atom stereocenters. The SMILES string of the molecule is CC1(O)CCN(c2nc3ccc(C(=O)O)cc3o2)CC1. The van der Waals surface area contributed by atoms with Crippen molar-refractivity contribution in [2.75, 3.05) is 18.0 Å². The zero-order chi connectivity index (χ0) is 14.3. The van der Waals surface area contributed by atoms with E-state index in [1.165, 1.54) is 12.1 Å². The molecule has 2 aromatic rings. The molecule has 0 saturated carbocycles. The average molecular weight is 276 g/mol. The zero-order valence-corrected chi connectivity index (χ0v) is 11.2. The highest BCUT2D eigenvalue weighted by Crippen LogP contribution is 2.28. The molecule has 1 aromatic heterocycles. The maximum absolute atomic E-state index is 10.9. The van der Waals surface area contributed by atoms with Gasteiger partial charge in [0.2, 0.25) is 0 Å². The predicted octanol–water partition coefficient (Wildman–Crippen LogP) is 1.88. The Kier molecular flexibility index (Phi) is 2.90. The summed E-state index contributed by atoms with van der Waals surface area (Å²) in [6.45, 7) is 3.17. The number of carboxylic acid groups (broad SMARTS) is 1. The van der Waals surface area contributed by atoms with Gasteiger partial charge in [0.1, 0.15) is 5.52 Å². The summed E-state index contributed by atoms with van der Waals surface area (Å²) in [6.07, 6.45) is 1.32. The van der Waals surface area contributed by atoms with Crippen molar-refractivity contribution >= 4 is 23.1 Å². The average Bonchev–Trinajstić information content (AvgIpc) is 2.81. The minimum Gasteiger partial charge on any atom is -0.478 e. The largest absolute Gasteiger partial charge is 0.478 e. The Morgan fingerprint density at radius 3 is 2.75 bits per heavy atom. The van der Waals surface area contributed by atoms with Gasteiger partial charge in [0.25, 0.3) is 6.01 Å². The van der Waals surface area contributed by atoms with Crippen LogP contribution >= 0.6 is 0 Å². The van der Waals surface area contributed by atoms with Crippen LogP contribution in [0.25, 0.3) is 11.1 Å². The minimum absolute atomic E-state index is 0.182. The normalized spacial score (nSPS) is 18.4. The number of carboxylic acids is 1. The molecule has 0 amide bonds. The highest BCUT2D eigenvalue weighted by atomic mass is 16.4. The predicted molar refractivity (Wildman–Crippen MR) is 73.0 cm³/mol. The first-order valence-corrected chi connectivity index (χ1v) is 6.56. The number of fused-ring (bicyclic) bond motifs is 1. The molecule has 20 heavy (non-hydrogen) atoms. The van der Waals surface area contributed by atoms with Crippen LogP contribution in [0.4, 0.5) is 6.01 Å². The van der Waals surface area contributed by atoms with Crippen LogP contribution in [0.1, 0.15) is 30.1 Å². The Hall–Kier alpha value is -2.08. The molecule has 2 N–H and O–H groups in total. The van der Waals surface area contributed by atoms with Crippen molar-refractivity contribution in [3.8, 4) is 0 Å². The fraction of sp³-hybridized carbons (Fsp3) is 0.429. The molecule has 2 heterocycles. The number of anilines is 1. The van der Waals surface area contributed by atoms with Gasteiger partial charge in [-0.2, -0.15) is 4.98 Å². The van der Waals surface area contributed by atoms with Crippen LogP contribution in [0.3, 0.4) is 0 Å². The number of hydrogen-bond acceptors (Lipinski definition) is 5. The Morgan fingerprint density at radius 1 is 1.40 bits per heavy atom. The number of rotatable bonds is 2. The molecule has 0 spiro atoms. The lowest BCUT2D eigenvalue weighted by atomic mass is 9.94. The van der Waals surface area contributed by atoms with Crippen LogP contribution in [-0.4, -0.2) is 39.9 Å². The van der Waals surface area contributed by atoms with E-state index in [2.05, 4.69) is 4.98 Å². The third-order valence-electron chi connectivity index (χ3n) is 3.74. The standard InChI is InChI=1S/C14H16N2O4/c1-14(19)4-6-16(7-5-14)13-15-10-3-2-9(12(17)18)8-11(10)20-13/h2-3,8,19H,4-7H2,1H3,(H,17,18). The number of oxazole rings is 1. The van der Waals surface area contributed by atoms with Crippen molar-refractivity contribution in [1.29, 1.82) is 0 Å². The molecule has 1 saturated heterocycles. The monoisotopic (exact) mass is 276 g/mol. The van der Waals surface area contributed by atoms with Gasteiger partial charge in [-0.25, -0.2) is 4.79 Å². The van der Waals surface area contributed by atoms with Gasteiger partial charge in [-0.1, -0.05) is 0 Å². The number of aromatic nitrogens is 1. The Balaban J connectivity index is 1.88. The molecule has 6 nitrogen and oxygen atoms in total. The number of benzene rings is 1. The number of nitrogens with zero attached hydrogens (tertiary/aromatic N) is 2. The summed E-state index contributed by atoms with van der Waals surface area (Å²) < 4.78 is 5.64. The highest BCUT2D eigenvalue weighted by Gasteiger charge is 2.29. The van der Waals surface area contributed by atoms with Crippen molar-refractivity contribution in [1.82, 2.24) is 4.98 Å². The third-order valence-corrected chi connectivity index (χ3v) is 3.74. The fourth-order valence-electron chi connectivity index (χ4n) is 2.36. The number of hydrogen-bond donors (Lipinski definition) is 2. The maximum Gasteiger partial charge on any atom is 0.335 e. The fourth-order valence-corrected chi connectivity index (χ4v) is 2.36. The van der Waals surface area contributed by atoms with Gasteiger partial charge in [-0.05, 0) is 38.0 Å². The van der Waals surface area contributed by atoms with Gasteiger partial charge in [0, 0.05) is 13.1 Å². The molecule has 3 rings (SSSR count). The summed E-state index contributed by atoms with van der Waals surface area (Å²) in [5, 5.41) is 18.9. The topological polar surface area (TPSA) is 86.8 Å². The highest BCUT2D eigenvalue weighted by molar-refractivity contribution is 5.92. The molecule has 1 aliphatic rings. The summed E-state index contributed by atoms with van der Waals surface area (Å²) in [6, 6.07) is 5.12. The first kappa shape index (κ1) is 12.9. The van der Waals surface area contributed by atoms with Crippen LogP contribution < -0.4 is 4.90 Å². The van der Waals surface area contributed by atoms with Gasteiger partial charge in [-0.15, -0.1) is 0 Å². The molecule has 106 valence electrons. The number of aliphatic hydroxyl groups is 1. The van der Waals surface area contributed by atoms with Crippen molar-refractivity contribution in [3.63, 3.8) is 0 Å². The lowest BCUT2D eigenvalue weighted by Crippen LogP contribution is -2.42. The first-order chi connectivity index (χ1) is 9.44. The molecule has 0 aliphatic carbocycles. The quantitative estimate of drug-likeness (QED) is 0.870. The third kappa shape index (κ3) is 2.34. The molecule has 6 heteroatoms. The van der Waals surface area contributed by atoms with Crippen molar-refractivity contribution < 1.29 is 19.4 Å². The lowest BCUT2D eigenvalue weighted by Gasteiger charge is -2.34. The molecular formula is C14H16N2O4. The van der Waals surface area contributed by atoms with Gasteiger partial charge in [0.05, 0.1) is 11.2 Å². The maximum atomic E-state index is 10.9. The van der Waals surface area contributed by atoms with E-state index in [1.807, 2.05) is 11.8 Å².